The Kier molecular flexibility index (Phi) is 6.19. The molecule has 1 aliphatic carbocycles. The standard InChI is InChI=1S/C28H27F2N5O3/c29-19-3-1-18(2-4-19)26(16-32-8-7-31-17-32)34-11-9-33(10-12-34)25-14-24-21(13-23(25)30)27(36)22(28(37)38)15-35(24)20-5-6-20/h1-4,7-8,13-15,17,20,26H,5-6,9-12,16H2,(H,37,38). The van der Waals surface area contributed by atoms with Crippen molar-refractivity contribution < 1.29 is 18.7 Å². The van der Waals surface area contributed by atoms with Gasteiger partial charge in [-0.2, -0.15) is 0 Å². The number of aromatic carboxylic acids is 1. The molecule has 0 radical (unpaired) electrons. The molecule has 10 heteroatoms. The lowest BCUT2D eigenvalue weighted by atomic mass is 10.0. The van der Waals surface area contributed by atoms with Gasteiger partial charge in [-0.1, -0.05) is 12.1 Å². The summed E-state index contributed by atoms with van der Waals surface area (Å²) < 4.78 is 32.8. The van der Waals surface area contributed by atoms with Gasteiger partial charge in [0.15, 0.2) is 0 Å². The highest BCUT2D eigenvalue weighted by Crippen LogP contribution is 2.38. The fourth-order valence-electron chi connectivity index (χ4n) is 5.39. The fraction of sp³-hybridized carbons (Fsp3) is 0.321. The third-order valence-corrected chi connectivity index (χ3v) is 7.56. The van der Waals surface area contributed by atoms with E-state index in [1.807, 2.05) is 20.2 Å². The van der Waals surface area contributed by atoms with Crippen LogP contribution >= 0.6 is 0 Å². The number of anilines is 1. The van der Waals surface area contributed by atoms with Crippen molar-refractivity contribution in [3.8, 4) is 0 Å². The van der Waals surface area contributed by atoms with Crippen molar-refractivity contribution in [2.75, 3.05) is 31.1 Å². The van der Waals surface area contributed by atoms with Crippen molar-refractivity contribution in [2.24, 2.45) is 0 Å². The van der Waals surface area contributed by atoms with Crippen LogP contribution in [0.15, 0.2) is 66.1 Å². The van der Waals surface area contributed by atoms with Crippen LogP contribution in [0.3, 0.4) is 0 Å². The average molecular weight is 520 g/mol. The van der Waals surface area contributed by atoms with E-state index in [0.29, 0.717) is 43.9 Å². The number of imidazole rings is 1. The monoisotopic (exact) mass is 519 g/mol. The quantitative estimate of drug-likeness (QED) is 0.396. The number of carboxylic acid groups (broad SMARTS) is 1. The molecular formula is C28H27F2N5O3. The maximum atomic E-state index is 15.4. The largest absolute Gasteiger partial charge is 0.477 e. The zero-order valence-corrected chi connectivity index (χ0v) is 20.6. The number of aromatic nitrogens is 3. The van der Waals surface area contributed by atoms with E-state index in [4.69, 9.17) is 0 Å². The minimum absolute atomic E-state index is 0.0112. The van der Waals surface area contributed by atoms with E-state index in [1.54, 1.807) is 30.7 Å². The lowest BCUT2D eigenvalue weighted by Gasteiger charge is -2.40. The van der Waals surface area contributed by atoms with E-state index >= 15 is 4.39 Å². The molecule has 1 N–H and O–H groups in total. The third kappa shape index (κ3) is 4.56. The molecule has 1 saturated heterocycles. The molecular weight excluding hydrogens is 492 g/mol. The van der Waals surface area contributed by atoms with Crippen molar-refractivity contribution >= 4 is 22.6 Å². The lowest BCUT2D eigenvalue weighted by molar-refractivity contribution is 0.0695. The number of carboxylic acids is 1. The van der Waals surface area contributed by atoms with Crippen LogP contribution in [0.5, 0.6) is 0 Å². The van der Waals surface area contributed by atoms with Gasteiger partial charge in [0.25, 0.3) is 0 Å². The smallest absolute Gasteiger partial charge is 0.341 e. The summed E-state index contributed by atoms with van der Waals surface area (Å²) in [5.41, 5.74) is 0.955. The van der Waals surface area contributed by atoms with Gasteiger partial charge in [0, 0.05) is 62.7 Å². The van der Waals surface area contributed by atoms with Crippen LogP contribution in [0.1, 0.15) is 40.8 Å². The van der Waals surface area contributed by atoms with E-state index in [1.165, 1.54) is 24.4 Å². The Morgan fingerprint density at radius 1 is 1.08 bits per heavy atom. The van der Waals surface area contributed by atoms with Gasteiger partial charge in [0.05, 0.1) is 23.6 Å². The molecule has 8 nitrogen and oxygen atoms in total. The van der Waals surface area contributed by atoms with Crippen LogP contribution in [0.25, 0.3) is 10.9 Å². The molecule has 4 aromatic rings. The van der Waals surface area contributed by atoms with Gasteiger partial charge in [-0.25, -0.2) is 18.6 Å². The number of carbonyl (C=O) groups is 1. The van der Waals surface area contributed by atoms with Crippen molar-refractivity contribution in [3.05, 3.63) is 94.3 Å². The Morgan fingerprint density at radius 3 is 2.45 bits per heavy atom. The molecule has 0 bridgehead atoms. The first kappa shape index (κ1) is 24.3. The van der Waals surface area contributed by atoms with E-state index in [-0.39, 0.29) is 28.9 Å². The van der Waals surface area contributed by atoms with Crippen LogP contribution in [0.2, 0.25) is 0 Å². The molecule has 2 fully saturated rings. The first-order chi connectivity index (χ1) is 18.4. The zero-order chi connectivity index (χ0) is 26.4. The first-order valence-electron chi connectivity index (χ1n) is 12.7. The highest BCUT2D eigenvalue weighted by atomic mass is 19.1. The minimum Gasteiger partial charge on any atom is -0.477 e. The lowest BCUT2D eigenvalue weighted by Crippen LogP contribution is -2.48. The summed E-state index contributed by atoms with van der Waals surface area (Å²) in [6.07, 6.45) is 8.56. The molecule has 1 unspecified atom stereocenters. The molecule has 2 aromatic heterocycles. The molecule has 38 heavy (non-hydrogen) atoms. The predicted molar refractivity (Wildman–Crippen MR) is 139 cm³/mol. The molecule has 1 aliphatic heterocycles. The number of fused-ring (bicyclic) bond motifs is 1. The molecule has 0 amide bonds. The predicted octanol–water partition coefficient (Wildman–Crippen LogP) is 4.07. The summed E-state index contributed by atoms with van der Waals surface area (Å²) >= 11 is 0. The molecule has 1 saturated carbocycles. The highest BCUT2D eigenvalue weighted by molar-refractivity contribution is 5.93. The Bertz CT molecular complexity index is 1540. The van der Waals surface area contributed by atoms with Gasteiger partial charge in [-0.3, -0.25) is 9.69 Å². The van der Waals surface area contributed by atoms with Crippen molar-refractivity contribution in [1.29, 1.82) is 0 Å². The van der Waals surface area contributed by atoms with Crippen LogP contribution in [-0.4, -0.2) is 56.3 Å². The minimum atomic E-state index is -1.31. The summed E-state index contributed by atoms with van der Waals surface area (Å²) in [5.74, 6) is -2.13. The van der Waals surface area contributed by atoms with Crippen LogP contribution in [0.4, 0.5) is 14.5 Å². The normalized spacial score (nSPS) is 17.2. The van der Waals surface area contributed by atoms with Crippen molar-refractivity contribution in [1.82, 2.24) is 19.0 Å². The number of benzene rings is 2. The summed E-state index contributed by atoms with van der Waals surface area (Å²) in [7, 11) is 0. The van der Waals surface area contributed by atoms with Gasteiger partial charge < -0.3 is 19.1 Å². The number of nitrogens with zero attached hydrogens (tertiary/aromatic N) is 5. The van der Waals surface area contributed by atoms with Gasteiger partial charge in [0.1, 0.15) is 17.2 Å². The Hall–Kier alpha value is -4.05. The zero-order valence-electron chi connectivity index (χ0n) is 20.6. The van der Waals surface area contributed by atoms with Crippen molar-refractivity contribution in [2.45, 2.75) is 31.5 Å². The molecule has 2 aliphatic rings. The van der Waals surface area contributed by atoms with Crippen LogP contribution < -0.4 is 10.3 Å². The van der Waals surface area contributed by atoms with Gasteiger partial charge in [0.2, 0.25) is 5.43 Å². The summed E-state index contributed by atoms with van der Waals surface area (Å²) in [4.78, 5) is 32.8. The summed E-state index contributed by atoms with van der Waals surface area (Å²) in [6.45, 7) is 3.08. The number of piperazine rings is 1. The molecule has 196 valence electrons. The third-order valence-electron chi connectivity index (χ3n) is 7.56. The molecule has 6 rings (SSSR count). The Labute approximate surface area is 217 Å². The molecule has 3 heterocycles. The summed E-state index contributed by atoms with van der Waals surface area (Å²) in [5, 5.41) is 9.57. The highest BCUT2D eigenvalue weighted by Gasteiger charge is 2.30. The summed E-state index contributed by atoms with van der Waals surface area (Å²) in [6, 6.07) is 9.51. The van der Waals surface area contributed by atoms with E-state index in [2.05, 4.69) is 9.88 Å². The van der Waals surface area contributed by atoms with Gasteiger partial charge in [-0.05, 0) is 42.7 Å². The topological polar surface area (TPSA) is 83.6 Å². The maximum Gasteiger partial charge on any atom is 0.341 e. The van der Waals surface area contributed by atoms with Crippen molar-refractivity contribution in [3.63, 3.8) is 0 Å². The number of pyridine rings is 1. The van der Waals surface area contributed by atoms with Gasteiger partial charge >= 0.3 is 5.97 Å². The molecule has 1 atom stereocenters. The Morgan fingerprint density at radius 2 is 1.82 bits per heavy atom. The number of halogens is 2. The number of hydrogen-bond donors (Lipinski definition) is 1. The maximum absolute atomic E-state index is 15.4. The van der Waals surface area contributed by atoms with E-state index in [0.717, 1.165) is 18.4 Å². The van der Waals surface area contributed by atoms with E-state index < -0.39 is 17.2 Å². The number of hydrogen-bond acceptors (Lipinski definition) is 5. The van der Waals surface area contributed by atoms with E-state index in [9.17, 15) is 19.1 Å². The second-order valence-electron chi connectivity index (χ2n) is 9.99. The molecule has 2 aromatic carbocycles. The van der Waals surface area contributed by atoms with Gasteiger partial charge in [-0.15, -0.1) is 0 Å². The molecule has 0 spiro atoms. The SMILES string of the molecule is O=C(O)c1cn(C2CC2)c2cc(N3CCN(C(Cn4ccnc4)c4ccc(F)cc4)CC3)c(F)cc2c1=O. The van der Waals surface area contributed by atoms with Crippen LogP contribution in [0, 0.1) is 11.6 Å². The van der Waals surface area contributed by atoms with Crippen LogP contribution in [-0.2, 0) is 6.54 Å². The second-order valence-corrected chi connectivity index (χ2v) is 9.99. The average Bonchev–Trinajstić information content (AvgIpc) is 3.63. The second kappa shape index (κ2) is 9.68. The number of rotatable bonds is 7. The fourth-order valence-corrected chi connectivity index (χ4v) is 5.39. The first-order valence-corrected chi connectivity index (χ1v) is 12.7. The Balaban J connectivity index is 1.28.